The molecule has 274 valence electrons. The van der Waals surface area contributed by atoms with E-state index < -0.39 is 72.4 Å². The lowest BCUT2D eigenvalue weighted by molar-refractivity contribution is -0.123. The van der Waals surface area contributed by atoms with Crippen LogP contribution in [0.4, 0.5) is 30.7 Å². The van der Waals surface area contributed by atoms with Crippen LogP contribution in [0.5, 0.6) is 0 Å². The zero-order valence-electron chi connectivity index (χ0n) is 28.0. The summed E-state index contributed by atoms with van der Waals surface area (Å²) in [7, 11) is 0. The van der Waals surface area contributed by atoms with Crippen molar-refractivity contribution >= 4 is 30.2 Å². The summed E-state index contributed by atoms with van der Waals surface area (Å²) in [6, 6.07) is 7.89. The molecule has 4 aromatic rings. The minimum atomic E-state index is -4.04. The maximum atomic E-state index is 15.1. The number of fused-ring (bicyclic) bond motifs is 2. The van der Waals surface area contributed by atoms with E-state index in [4.69, 9.17) is 0 Å². The van der Waals surface area contributed by atoms with Gasteiger partial charge >= 0.3 is 6.34 Å². The number of aryl methyl sites for hydroxylation is 1. The van der Waals surface area contributed by atoms with E-state index in [1.54, 1.807) is 31.2 Å². The van der Waals surface area contributed by atoms with Crippen molar-refractivity contribution in [2.45, 2.75) is 63.6 Å². The SMILES string of the molecule is Cc1cc(F)cc(C[C@H](NC(=O)Cn2nc(C(F)F)c3c2C(F)(F)CCC3(F)F)c2nc(C#CC3=C=[N+]=CN=C3)ncc2-c2ccc3c(c2)C(=O)NC3)c1. The molecule has 1 atom stereocenters. The van der Waals surface area contributed by atoms with E-state index in [9.17, 15) is 31.5 Å². The van der Waals surface area contributed by atoms with Gasteiger partial charge in [-0.05, 0) is 70.6 Å². The second-order valence-electron chi connectivity index (χ2n) is 12.8. The number of halogens is 7. The average molecular weight is 748 g/mol. The number of allylic oxidation sites excluding steroid dienone is 1. The van der Waals surface area contributed by atoms with E-state index in [1.807, 2.05) is 0 Å². The van der Waals surface area contributed by atoms with Crippen LogP contribution in [0.3, 0.4) is 0 Å². The van der Waals surface area contributed by atoms with E-state index in [-0.39, 0.29) is 28.5 Å². The molecule has 10 nitrogen and oxygen atoms in total. The first kappa shape index (κ1) is 36.0. The molecule has 54 heavy (non-hydrogen) atoms. The van der Waals surface area contributed by atoms with Crippen molar-refractivity contribution < 1.29 is 40.3 Å². The van der Waals surface area contributed by atoms with Gasteiger partial charge in [0.1, 0.15) is 23.7 Å². The lowest BCUT2D eigenvalue weighted by atomic mass is 9.89. The molecule has 0 fully saturated rings. The number of carbonyl (C=O) groups is 2. The Morgan fingerprint density at radius 2 is 1.87 bits per heavy atom. The van der Waals surface area contributed by atoms with Crippen LogP contribution in [0.25, 0.3) is 11.1 Å². The van der Waals surface area contributed by atoms with Gasteiger partial charge in [0, 0.05) is 36.7 Å². The van der Waals surface area contributed by atoms with Crippen LogP contribution in [0.15, 0.2) is 53.2 Å². The number of nitrogens with zero attached hydrogens (tertiary/aromatic N) is 6. The van der Waals surface area contributed by atoms with Crippen LogP contribution in [-0.4, -0.2) is 50.0 Å². The Balaban J connectivity index is 1.34. The Hall–Kier alpha value is -6.36. The molecule has 2 N–H and O–H groups in total. The molecule has 3 aliphatic rings. The highest BCUT2D eigenvalue weighted by Gasteiger charge is 2.55. The third-order valence-electron chi connectivity index (χ3n) is 8.90. The van der Waals surface area contributed by atoms with Gasteiger partial charge in [0.2, 0.25) is 17.6 Å². The van der Waals surface area contributed by atoms with E-state index in [0.29, 0.717) is 39.9 Å². The van der Waals surface area contributed by atoms with E-state index in [0.717, 1.165) is 5.56 Å². The summed E-state index contributed by atoms with van der Waals surface area (Å²) in [6.45, 7) is 0.788. The Kier molecular flexibility index (Phi) is 9.26. The maximum absolute atomic E-state index is 15.1. The first-order valence-corrected chi connectivity index (χ1v) is 16.4. The van der Waals surface area contributed by atoms with Crippen LogP contribution in [0, 0.1) is 24.6 Å². The van der Waals surface area contributed by atoms with Crippen molar-refractivity contribution in [3.8, 4) is 23.0 Å². The molecule has 0 saturated heterocycles. The summed E-state index contributed by atoms with van der Waals surface area (Å²) in [5.74, 6) is -1.94. The molecule has 0 spiro atoms. The van der Waals surface area contributed by atoms with Gasteiger partial charge in [-0.1, -0.05) is 18.2 Å². The second kappa shape index (κ2) is 13.9. The van der Waals surface area contributed by atoms with Crippen molar-refractivity contribution in [2.75, 3.05) is 0 Å². The molecule has 0 bridgehead atoms. The van der Waals surface area contributed by atoms with Gasteiger partial charge in [-0.15, -0.1) is 0 Å². The summed E-state index contributed by atoms with van der Waals surface area (Å²) >= 11 is 0. The molecule has 0 radical (unpaired) electrons. The molecule has 1 aliphatic carbocycles. The molecule has 0 unspecified atom stereocenters. The van der Waals surface area contributed by atoms with Crippen LogP contribution >= 0.6 is 0 Å². The zero-order valence-corrected chi connectivity index (χ0v) is 28.0. The van der Waals surface area contributed by atoms with Crippen molar-refractivity contribution in [3.63, 3.8) is 0 Å². The van der Waals surface area contributed by atoms with Gasteiger partial charge in [-0.3, -0.25) is 14.3 Å². The summed E-state index contributed by atoms with van der Waals surface area (Å²) in [5.41, 5.74) is -1.52. The monoisotopic (exact) mass is 747 g/mol. The number of aliphatic imine (C=N–C) groups is 1. The lowest BCUT2D eigenvalue weighted by Crippen LogP contribution is -2.37. The Bertz CT molecular complexity index is 2410. The molecule has 2 aromatic heterocycles. The number of hydrogen-bond donors (Lipinski definition) is 2. The topological polar surface area (TPSA) is 128 Å². The van der Waals surface area contributed by atoms with Gasteiger partial charge in [0.05, 0.1) is 17.3 Å². The summed E-state index contributed by atoms with van der Waals surface area (Å²) in [5, 5.41) is 8.76. The fourth-order valence-electron chi connectivity index (χ4n) is 6.57. The molecular weight excluding hydrogens is 721 g/mol. The Morgan fingerprint density at radius 3 is 2.61 bits per heavy atom. The third kappa shape index (κ3) is 7.17. The predicted octanol–water partition coefficient (Wildman–Crippen LogP) is 5.17. The molecule has 2 aromatic carbocycles. The quantitative estimate of drug-likeness (QED) is 0.146. The van der Waals surface area contributed by atoms with Crippen molar-refractivity contribution in [1.29, 1.82) is 0 Å². The van der Waals surface area contributed by atoms with Crippen LogP contribution in [-0.2, 0) is 36.1 Å². The van der Waals surface area contributed by atoms with Gasteiger partial charge in [-0.2, -0.15) is 18.5 Å². The van der Waals surface area contributed by atoms with Crippen molar-refractivity contribution in [2.24, 2.45) is 4.99 Å². The van der Waals surface area contributed by atoms with Gasteiger partial charge in [-0.25, -0.2) is 31.9 Å². The van der Waals surface area contributed by atoms with E-state index in [2.05, 4.69) is 53.1 Å². The first-order chi connectivity index (χ1) is 25.7. The zero-order chi connectivity index (χ0) is 38.4. The number of rotatable bonds is 8. The Morgan fingerprint density at radius 1 is 1.07 bits per heavy atom. The number of hydrogen-bond acceptors (Lipinski definition) is 6. The van der Waals surface area contributed by atoms with Crippen molar-refractivity contribution in [3.05, 3.63) is 105 Å². The van der Waals surface area contributed by atoms with Gasteiger partial charge in [0.15, 0.2) is 11.8 Å². The number of amides is 2. The molecule has 7 rings (SSSR count). The predicted molar refractivity (Wildman–Crippen MR) is 181 cm³/mol. The maximum Gasteiger partial charge on any atom is 0.390 e. The highest BCUT2D eigenvalue weighted by molar-refractivity contribution is 6.01. The van der Waals surface area contributed by atoms with E-state index >= 15 is 8.78 Å². The first-order valence-electron chi connectivity index (χ1n) is 16.4. The standard InChI is InChI=1S/C37H25F7N8O2/c1-19-8-21(10-24(38)9-19)11-27(49-29(53)17-52-33-30(32(51-52)34(39)40)36(41,42)6-7-37(33,43)44)31-26(22-3-4-23-15-48-35(54)25(23)12-22)16-47-28(50-31)5-2-20-13-45-18-46-14-20/h3-4,8-10,12-13,16,18,27,34H,6-7,11,15,17H2,1H3,(H-,48,49,53,54)/p+1/t27-/m0/s1. The number of aromatic nitrogens is 4. The van der Waals surface area contributed by atoms with Crippen LogP contribution in [0.1, 0.15) is 80.8 Å². The lowest BCUT2D eigenvalue weighted by Gasteiger charge is -2.29. The smallest absolute Gasteiger partial charge is 0.348 e. The van der Waals surface area contributed by atoms with Crippen LogP contribution in [0.2, 0.25) is 0 Å². The van der Waals surface area contributed by atoms with Gasteiger partial charge < -0.3 is 10.6 Å². The molecule has 17 heteroatoms. The highest BCUT2D eigenvalue weighted by atomic mass is 19.3. The van der Waals surface area contributed by atoms with Crippen LogP contribution < -0.4 is 15.3 Å². The molecule has 0 saturated carbocycles. The van der Waals surface area contributed by atoms with E-state index in [1.165, 1.54) is 30.9 Å². The second-order valence-corrected chi connectivity index (χ2v) is 12.8. The minimum absolute atomic E-state index is 0.0656. The fourth-order valence-corrected chi connectivity index (χ4v) is 6.57. The number of carbonyl (C=O) groups excluding carboxylic acids is 2. The molecular formula is C37H26F7N8O2+. The number of benzene rings is 2. The number of alkyl halides is 6. The average Bonchev–Trinajstić information content (AvgIpc) is 3.71. The minimum Gasteiger partial charge on any atom is -0.348 e. The third-order valence-corrected chi connectivity index (χ3v) is 8.90. The number of nitrogens with one attached hydrogen (secondary N) is 2. The van der Waals surface area contributed by atoms with Gasteiger partial charge in [0.25, 0.3) is 24.2 Å². The molecule has 4 heterocycles. The summed E-state index contributed by atoms with van der Waals surface area (Å²) in [4.78, 5) is 39.2. The summed E-state index contributed by atoms with van der Waals surface area (Å²) < 4.78 is 106. The Labute approximate surface area is 301 Å². The highest BCUT2D eigenvalue weighted by Crippen LogP contribution is 2.52. The molecule has 2 amide bonds. The fraction of sp³-hybridized carbons (Fsp3) is 0.270. The van der Waals surface area contributed by atoms with Crippen molar-refractivity contribution in [1.82, 2.24) is 35.1 Å². The summed E-state index contributed by atoms with van der Waals surface area (Å²) in [6.07, 6.45) is -2.50. The largest absolute Gasteiger partial charge is 0.390 e. The molecule has 2 aliphatic heterocycles. The normalized spacial score (nSPS) is 16.6.